The van der Waals surface area contributed by atoms with Crippen molar-refractivity contribution in [1.29, 1.82) is 0 Å². The first-order chi connectivity index (χ1) is 10.7. The number of nitrogens with one attached hydrogen (secondary N) is 1. The Hall–Kier alpha value is -1.05. The van der Waals surface area contributed by atoms with Crippen LogP contribution in [-0.2, 0) is 20.8 Å². The maximum Gasteiger partial charge on any atom is 0.222 e. The van der Waals surface area contributed by atoms with Gasteiger partial charge < -0.3 is 25.4 Å². The maximum absolute atomic E-state index is 12.0. The lowest BCUT2D eigenvalue weighted by Crippen LogP contribution is -2.37. The van der Waals surface area contributed by atoms with Gasteiger partial charge in [-0.15, -0.1) is 24.8 Å². The Morgan fingerprint density at radius 1 is 1.33 bits per heavy atom. The van der Waals surface area contributed by atoms with Crippen molar-refractivity contribution in [2.24, 2.45) is 5.73 Å². The predicted molar refractivity (Wildman–Crippen MR) is 100 cm³/mol. The summed E-state index contributed by atoms with van der Waals surface area (Å²) in [4.78, 5) is 14.2. The zero-order valence-corrected chi connectivity index (χ0v) is 15.5. The number of morpholine rings is 1. The average Bonchev–Trinajstić information content (AvgIpc) is 2.59. The standard InChI is InChI=1S/C16H25N3O3.2ClH/c1-21-14(11-17)10-16(20)18-12-13-4-2-3-5-15(13)19-6-8-22-9-7-19;;/h2-5,14H,6-12,17H2,1H3,(H,18,20);2*1H. The van der Waals surface area contributed by atoms with Crippen LogP contribution in [0.1, 0.15) is 12.0 Å². The Labute approximate surface area is 155 Å². The number of methoxy groups -OCH3 is 1. The van der Waals surface area contributed by atoms with Gasteiger partial charge in [-0.05, 0) is 11.6 Å². The third-order valence-corrected chi connectivity index (χ3v) is 3.83. The molecule has 0 bridgehead atoms. The number of hydrogen-bond donors (Lipinski definition) is 2. The van der Waals surface area contributed by atoms with Crippen molar-refractivity contribution in [3.63, 3.8) is 0 Å². The topological polar surface area (TPSA) is 76.8 Å². The fraction of sp³-hybridized carbons (Fsp3) is 0.562. The maximum atomic E-state index is 12.0. The number of para-hydroxylation sites is 1. The van der Waals surface area contributed by atoms with E-state index in [1.54, 1.807) is 7.11 Å². The van der Waals surface area contributed by atoms with Gasteiger partial charge in [0.05, 0.1) is 25.7 Å². The van der Waals surface area contributed by atoms with Crippen molar-refractivity contribution in [2.45, 2.75) is 19.1 Å². The number of nitrogens with two attached hydrogens (primary N) is 1. The minimum Gasteiger partial charge on any atom is -0.380 e. The summed E-state index contributed by atoms with van der Waals surface area (Å²) in [5.41, 5.74) is 7.81. The van der Waals surface area contributed by atoms with Gasteiger partial charge in [0.1, 0.15) is 0 Å². The smallest absolute Gasteiger partial charge is 0.222 e. The number of nitrogens with zero attached hydrogens (tertiary/aromatic N) is 1. The molecular weight excluding hydrogens is 353 g/mol. The lowest BCUT2D eigenvalue weighted by molar-refractivity contribution is -0.123. The Kier molecular flexibility index (Phi) is 11.8. The molecule has 0 radical (unpaired) electrons. The van der Waals surface area contributed by atoms with E-state index >= 15 is 0 Å². The normalized spacial score (nSPS) is 15.0. The first-order valence-corrected chi connectivity index (χ1v) is 7.64. The Morgan fingerprint density at radius 3 is 2.62 bits per heavy atom. The number of halogens is 2. The van der Waals surface area contributed by atoms with Crippen LogP contribution in [0.3, 0.4) is 0 Å². The van der Waals surface area contributed by atoms with Gasteiger partial charge in [-0.2, -0.15) is 0 Å². The fourth-order valence-electron chi connectivity index (χ4n) is 2.51. The van der Waals surface area contributed by atoms with Gasteiger partial charge in [0.25, 0.3) is 0 Å². The van der Waals surface area contributed by atoms with E-state index in [0.29, 0.717) is 13.1 Å². The van der Waals surface area contributed by atoms with Crippen LogP contribution in [0.5, 0.6) is 0 Å². The molecule has 0 saturated carbocycles. The average molecular weight is 380 g/mol. The number of ether oxygens (including phenoxy) is 2. The van der Waals surface area contributed by atoms with E-state index in [2.05, 4.69) is 16.3 Å². The monoisotopic (exact) mass is 379 g/mol. The number of anilines is 1. The second-order valence-corrected chi connectivity index (χ2v) is 5.30. The van der Waals surface area contributed by atoms with E-state index in [0.717, 1.165) is 37.6 Å². The van der Waals surface area contributed by atoms with Gasteiger partial charge in [0, 0.05) is 39.0 Å². The first-order valence-electron chi connectivity index (χ1n) is 7.64. The molecule has 138 valence electrons. The second kappa shape index (κ2) is 12.3. The molecule has 1 heterocycles. The molecular formula is C16H27Cl2N3O3. The van der Waals surface area contributed by atoms with E-state index in [1.807, 2.05) is 18.2 Å². The molecule has 1 fully saturated rings. The minimum absolute atomic E-state index is 0. The fourth-order valence-corrected chi connectivity index (χ4v) is 2.51. The van der Waals surface area contributed by atoms with Crippen molar-refractivity contribution in [1.82, 2.24) is 5.32 Å². The highest BCUT2D eigenvalue weighted by atomic mass is 35.5. The van der Waals surface area contributed by atoms with Crippen molar-refractivity contribution in [3.05, 3.63) is 29.8 Å². The lowest BCUT2D eigenvalue weighted by Gasteiger charge is -2.30. The first kappa shape index (κ1) is 22.9. The summed E-state index contributed by atoms with van der Waals surface area (Å²) in [6.07, 6.45) is 0.0571. The molecule has 1 saturated heterocycles. The predicted octanol–water partition coefficient (Wildman–Crippen LogP) is 1.35. The summed E-state index contributed by atoms with van der Waals surface area (Å²) >= 11 is 0. The van der Waals surface area contributed by atoms with Crippen LogP contribution >= 0.6 is 24.8 Å². The van der Waals surface area contributed by atoms with Crippen LogP contribution in [-0.4, -0.2) is 52.0 Å². The molecule has 3 N–H and O–H groups in total. The molecule has 1 atom stereocenters. The van der Waals surface area contributed by atoms with Crippen LogP contribution in [0, 0.1) is 0 Å². The van der Waals surface area contributed by atoms with E-state index in [-0.39, 0.29) is 43.2 Å². The van der Waals surface area contributed by atoms with E-state index in [4.69, 9.17) is 15.2 Å². The van der Waals surface area contributed by atoms with Gasteiger partial charge in [-0.25, -0.2) is 0 Å². The summed E-state index contributed by atoms with van der Waals surface area (Å²) in [5, 5.41) is 2.95. The number of carbonyl (C=O) groups is 1. The summed E-state index contributed by atoms with van der Waals surface area (Å²) in [6, 6.07) is 8.14. The molecule has 1 aliphatic heterocycles. The summed E-state index contributed by atoms with van der Waals surface area (Å²) in [5.74, 6) is -0.0471. The number of amides is 1. The zero-order chi connectivity index (χ0) is 15.8. The lowest BCUT2D eigenvalue weighted by atomic mass is 10.1. The Balaban J connectivity index is 0.00000264. The van der Waals surface area contributed by atoms with Crippen LogP contribution in [0.15, 0.2) is 24.3 Å². The van der Waals surface area contributed by atoms with Gasteiger partial charge in [-0.1, -0.05) is 18.2 Å². The summed E-state index contributed by atoms with van der Waals surface area (Å²) in [6.45, 7) is 4.09. The molecule has 24 heavy (non-hydrogen) atoms. The highest BCUT2D eigenvalue weighted by Gasteiger charge is 2.15. The summed E-state index contributed by atoms with van der Waals surface area (Å²) in [7, 11) is 1.57. The van der Waals surface area contributed by atoms with Gasteiger partial charge in [0.2, 0.25) is 5.91 Å². The number of rotatable bonds is 7. The largest absolute Gasteiger partial charge is 0.380 e. The Morgan fingerprint density at radius 2 is 2.00 bits per heavy atom. The van der Waals surface area contributed by atoms with Crippen molar-refractivity contribution in [3.8, 4) is 0 Å². The Bertz CT molecular complexity index is 481. The van der Waals surface area contributed by atoms with Crippen LogP contribution in [0.25, 0.3) is 0 Å². The SMILES string of the molecule is COC(CN)CC(=O)NCc1ccccc1N1CCOCC1.Cl.Cl. The quantitative estimate of drug-likeness (QED) is 0.747. The highest BCUT2D eigenvalue weighted by molar-refractivity contribution is 5.85. The molecule has 0 aliphatic carbocycles. The van der Waals surface area contributed by atoms with Crippen molar-refractivity contribution < 1.29 is 14.3 Å². The number of hydrogen-bond acceptors (Lipinski definition) is 5. The molecule has 1 amide bonds. The molecule has 0 aromatic heterocycles. The molecule has 1 aromatic carbocycles. The van der Waals surface area contributed by atoms with Crippen LogP contribution in [0.2, 0.25) is 0 Å². The van der Waals surface area contributed by atoms with Crippen molar-refractivity contribution >= 4 is 36.4 Å². The number of carbonyl (C=O) groups excluding carboxylic acids is 1. The third kappa shape index (κ3) is 6.83. The summed E-state index contributed by atoms with van der Waals surface area (Å²) < 4.78 is 10.5. The number of benzene rings is 1. The van der Waals surface area contributed by atoms with E-state index < -0.39 is 0 Å². The van der Waals surface area contributed by atoms with Gasteiger partial charge >= 0.3 is 0 Å². The van der Waals surface area contributed by atoms with Gasteiger partial charge in [0.15, 0.2) is 0 Å². The van der Waals surface area contributed by atoms with Gasteiger partial charge in [-0.3, -0.25) is 4.79 Å². The van der Waals surface area contributed by atoms with Crippen LogP contribution in [0.4, 0.5) is 5.69 Å². The van der Waals surface area contributed by atoms with Crippen LogP contribution < -0.4 is 16.0 Å². The van der Waals surface area contributed by atoms with E-state index in [9.17, 15) is 4.79 Å². The zero-order valence-electron chi connectivity index (χ0n) is 13.9. The molecule has 6 nitrogen and oxygen atoms in total. The molecule has 0 spiro atoms. The molecule has 1 aliphatic rings. The molecule has 1 unspecified atom stereocenters. The molecule has 8 heteroatoms. The molecule has 1 aromatic rings. The van der Waals surface area contributed by atoms with Crippen molar-refractivity contribution in [2.75, 3.05) is 44.9 Å². The minimum atomic E-state index is -0.227. The van der Waals surface area contributed by atoms with E-state index in [1.165, 1.54) is 0 Å². The second-order valence-electron chi connectivity index (χ2n) is 5.30. The highest BCUT2D eigenvalue weighted by Crippen LogP contribution is 2.21. The third-order valence-electron chi connectivity index (χ3n) is 3.83. The molecule has 2 rings (SSSR count).